The Bertz CT molecular complexity index is 1260. The van der Waals surface area contributed by atoms with Crippen molar-refractivity contribution in [3.05, 3.63) is 83.1 Å². The van der Waals surface area contributed by atoms with Gasteiger partial charge in [-0.25, -0.2) is 9.07 Å². The van der Waals surface area contributed by atoms with Crippen LogP contribution in [0.3, 0.4) is 0 Å². The Balaban J connectivity index is 1.37. The first kappa shape index (κ1) is 20.3. The number of carbonyl (C=O) groups is 2. The summed E-state index contributed by atoms with van der Waals surface area (Å²) in [4.78, 5) is 27.8. The summed E-state index contributed by atoms with van der Waals surface area (Å²) in [5, 5.41) is 5.44. The van der Waals surface area contributed by atoms with E-state index in [1.54, 1.807) is 23.0 Å². The Morgan fingerprint density at radius 2 is 1.68 bits per heavy atom. The summed E-state index contributed by atoms with van der Waals surface area (Å²) < 4.78 is 14.9. The second-order valence-corrected chi connectivity index (χ2v) is 7.35. The topological polar surface area (TPSA) is 91.8 Å². The summed E-state index contributed by atoms with van der Waals surface area (Å²) >= 11 is 0. The Hall–Kier alpha value is -3.94. The van der Waals surface area contributed by atoms with E-state index in [-0.39, 0.29) is 30.5 Å². The lowest BCUT2D eigenvalue weighted by molar-refractivity contribution is -0.128. The maximum Gasteiger partial charge on any atom is 0.242 e. The SMILES string of the molecule is Cc1nn(-c2ccc(F)cc2)c(C)c1CC(=O)NNC(=O)Cc1c[nH]c2ccccc12. The molecule has 0 bridgehead atoms. The minimum Gasteiger partial charge on any atom is -0.361 e. The number of nitrogens with one attached hydrogen (secondary N) is 3. The van der Waals surface area contributed by atoms with Gasteiger partial charge in [-0.3, -0.25) is 20.4 Å². The van der Waals surface area contributed by atoms with Crippen molar-refractivity contribution in [1.29, 1.82) is 0 Å². The predicted molar refractivity (Wildman–Crippen MR) is 115 cm³/mol. The highest BCUT2D eigenvalue weighted by Crippen LogP contribution is 2.19. The standard InChI is InChI=1S/C23H22FN5O2/c1-14-20(15(2)29(28-14)18-9-7-17(24)8-10-18)12-23(31)27-26-22(30)11-16-13-25-21-6-4-3-5-19(16)21/h3-10,13,25H,11-12H2,1-2H3,(H,26,30)(H,27,31). The molecule has 7 nitrogen and oxygen atoms in total. The van der Waals surface area contributed by atoms with Crippen LogP contribution in [0, 0.1) is 19.7 Å². The summed E-state index contributed by atoms with van der Waals surface area (Å²) in [6, 6.07) is 13.7. The smallest absolute Gasteiger partial charge is 0.242 e. The fourth-order valence-electron chi connectivity index (χ4n) is 3.60. The summed E-state index contributed by atoms with van der Waals surface area (Å²) in [5.74, 6) is -0.987. The lowest BCUT2D eigenvalue weighted by Gasteiger charge is -2.08. The molecule has 2 aromatic heterocycles. The first-order valence-electron chi connectivity index (χ1n) is 9.86. The van der Waals surface area contributed by atoms with Gasteiger partial charge in [0.2, 0.25) is 11.8 Å². The number of aromatic amines is 1. The van der Waals surface area contributed by atoms with E-state index in [2.05, 4.69) is 20.9 Å². The molecule has 0 fully saturated rings. The number of nitrogens with zero attached hydrogens (tertiary/aromatic N) is 2. The zero-order valence-corrected chi connectivity index (χ0v) is 17.2. The van der Waals surface area contributed by atoms with Gasteiger partial charge < -0.3 is 4.98 Å². The number of aryl methyl sites for hydroxylation is 1. The molecule has 0 saturated heterocycles. The van der Waals surface area contributed by atoms with Crippen LogP contribution < -0.4 is 10.9 Å². The van der Waals surface area contributed by atoms with Gasteiger partial charge in [0.05, 0.1) is 24.2 Å². The molecule has 0 radical (unpaired) electrons. The number of halogens is 1. The number of hydrogen-bond acceptors (Lipinski definition) is 3. The van der Waals surface area contributed by atoms with Gasteiger partial charge >= 0.3 is 0 Å². The molecule has 0 aliphatic rings. The van der Waals surface area contributed by atoms with Crippen LogP contribution in [0.4, 0.5) is 4.39 Å². The molecule has 31 heavy (non-hydrogen) atoms. The van der Waals surface area contributed by atoms with Crippen LogP contribution in [0.2, 0.25) is 0 Å². The van der Waals surface area contributed by atoms with Gasteiger partial charge in [0, 0.05) is 28.4 Å². The maximum absolute atomic E-state index is 13.2. The Morgan fingerprint density at radius 3 is 2.42 bits per heavy atom. The molecule has 2 heterocycles. The van der Waals surface area contributed by atoms with Gasteiger partial charge in [0.15, 0.2) is 0 Å². The monoisotopic (exact) mass is 419 g/mol. The van der Waals surface area contributed by atoms with E-state index in [0.29, 0.717) is 11.4 Å². The quantitative estimate of drug-likeness (QED) is 0.434. The normalized spacial score (nSPS) is 10.9. The van der Waals surface area contributed by atoms with E-state index in [9.17, 15) is 14.0 Å². The van der Waals surface area contributed by atoms with Crippen molar-refractivity contribution in [3.63, 3.8) is 0 Å². The predicted octanol–water partition coefficient (Wildman–Crippen LogP) is 3.04. The number of fused-ring (bicyclic) bond motifs is 1. The molecule has 0 unspecified atom stereocenters. The molecule has 0 aliphatic carbocycles. The van der Waals surface area contributed by atoms with E-state index >= 15 is 0 Å². The zero-order valence-electron chi connectivity index (χ0n) is 17.2. The molecule has 2 aromatic carbocycles. The van der Waals surface area contributed by atoms with Gasteiger partial charge in [0.1, 0.15) is 5.82 Å². The second-order valence-electron chi connectivity index (χ2n) is 7.35. The Kier molecular flexibility index (Phi) is 5.53. The van der Waals surface area contributed by atoms with Crippen LogP contribution in [0.25, 0.3) is 16.6 Å². The maximum atomic E-state index is 13.2. The molecular formula is C23H22FN5O2. The first-order chi connectivity index (χ1) is 14.9. The number of hydrogen-bond donors (Lipinski definition) is 3. The van der Waals surface area contributed by atoms with Crippen molar-refractivity contribution >= 4 is 22.7 Å². The van der Waals surface area contributed by atoms with Crippen LogP contribution >= 0.6 is 0 Å². The average molecular weight is 419 g/mol. The van der Waals surface area contributed by atoms with Gasteiger partial charge in [-0.05, 0) is 49.7 Å². The van der Waals surface area contributed by atoms with E-state index in [1.807, 2.05) is 38.1 Å². The van der Waals surface area contributed by atoms with Gasteiger partial charge in [-0.15, -0.1) is 0 Å². The van der Waals surface area contributed by atoms with Crippen LogP contribution in [0.1, 0.15) is 22.5 Å². The molecule has 158 valence electrons. The second kappa shape index (κ2) is 8.43. The third kappa shape index (κ3) is 4.32. The van der Waals surface area contributed by atoms with E-state index in [4.69, 9.17) is 0 Å². The highest BCUT2D eigenvalue weighted by Gasteiger charge is 2.17. The lowest BCUT2D eigenvalue weighted by Crippen LogP contribution is -2.43. The molecule has 4 rings (SSSR count). The fraction of sp³-hybridized carbons (Fsp3) is 0.174. The largest absolute Gasteiger partial charge is 0.361 e. The van der Waals surface area contributed by atoms with Crippen molar-refractivity contribution in [2.45, 2.75) is 26.7 Å². The molecule has 4 aromatic rings. The van der Waals surface area contributed by atoms with Crippen molar-refractivity contribution in [2.75, 3.05) is 0 Å². The van der Waals surface area contributed by atoms with Crippen LogP contribution in [0.5, 0.6) is 0 Å². The van der Waals surface area contributed by atoms with Crippen LogP contribution in [-0.2, 0) is 22.4 Å². The minimum atomic E-state index is -0.350. The number of rotatable bonds is 5. The van der Waals surface area contributed by atoms with Crippen molar-refractivity contribution < 1.29 is 14.0 Å². The molecule has 2 amide bonds. The number of benzene rings is 2. The van der Waals surface area contributed by atoms with Crippen molar-refractivity contribution in [1.82, 2.24) is 25.6 Å². The fourth-order valence-corrected chi connectivity index (χ4v) is 3.60. The number of carbonyl (C=O) groups excluding carboxylic acids is 2. The van der Waals surface area contributed by atoms with Crippen molar-refractivity contribution in [3.8, 4) is 5.69 Å². The van der Waals surface area contributed by atoms with E-state index in [1.165, 1.54) is 12.1 Å². The Morgan fingerprint density at radius 1 is 1.00 bits per heavy atom. The summed E-state index contributed by atoms with van der Waals surface area (Å²) in [6.45, 7) is 3.66. The highest BCUT2D eigenvalue weighted by molar-refractivity contribution is 5.90. The van der Waals surface area contributed by atoms with Crippen LogP contribution in [-0.4, -0.2) is 26.6 Å². The molecule has 0 spiro atoms. The zero-order chi connectivity index (χ0) is 22.0. The highest BCUT2D eigenvalue weighted by atomic mass is 19.1. The Labute approximate surface area is 178 Å². The number of para-hydroxylation sites is 1. The lowest BCUT2D eigenvalue weighted by atomic mass is 10.1. The molecule has 0 saturated carbocycles. The number of hydrazine groups is 1. The number of aromatic nitrogens is 3. The molecule has 0 atom stereocenters. The van der Waals surface area contributed by atoms with Gasteiger partial charge in [0.25, 0.3) is 0 Å². The number of amides is 2. The van der Waals surface area contributed by atoms with Crippen LogP contribution in [0.15, 0.2) is 54.7 Å². The summed E-state index contributed by atoms with van der Waals surface area (Å²) in [5.41, 5.74) is 9.69. The average Bonchev–Trinajstić information content (AvgIpc) is 3.29. The molecule has 3 N–H and O–H groups in total. The minimum absolute atomic E-state index is 0.0617. The molecule has 8 heteroatoms. The number of H-pyrrole nitrogens is 1. The van der Waals surface area contributed by atoms with E-state index in [0.717, 1.165) is 27.7 Å². The van der Waals surface area contributed by atoms with E-state index < -0.39 is 0 Å². The third-order valence-corrected chi connectivity index (χ3v) is 5.22. The van der Waals surface area contributed by atoms with Gasteiger partial charge in [-0.2, -0.15) is 5.10 Å². The molecular weight excluding hydrogens is 397 g/mol. The van der Waals surface area contributed by atoms with Crippen molar-refractivity contribution in [2.24, 2.45) is 0 Å². The molecule has 0 aliphatic heterocycles. The first-order valence-corrected chi connectivity index (χ1v) is 9.86. The van der Waals surface area contributed by atoms with Gasteiger partial charge in [-0.1, -0.05) is 18.2 Å². The summed E-state index contributed by atoms with van der Waals surface area (Å²) in [6.07, 6.45) is 2.00. The summed E-state index contributed by atoms with van der Waals surface area (Å²) in [7, 11) is 0. The third-order valence-electron chi connectivity index (χ3n) is 5.22.